The van der Waals surface area contributed by atoms with Gasteiger partial charge in [-0.1, -0.05) is 53.3 Å². The molecule has 6 heteroatoms. The first-order valence-electron chi connectivity index (χ1n) is 4.77. The molecule has 17 heavy (non-hydrogen) atoms. The number of rotatable bonds is 3. The Labute approximate surface area is 106 Å². The van der Waals surface area contributed by atoms with E-state index in [-0.39, 0.29) is 0 Å². The normalized spacial score (nSPS) is 12.1. The fourth-order valence-electron chi connectivity index (χ4n) is 1.22. The molecule has 0 bridgehead atoms. The third-order valence-corrected chi connectivity index (χ3v) is 3.13. The van der Waals surface area contributed by atoms with Crippen LogP contribution in [0.5, 0.6) is 0 Å². The van der Waals surface area contributed by atoms with Crippen LogP contribution in [0, 0.1) is 0 Å². The van der Waals surface area contributed by atoms with E-state index in [0.29, 0.717) is 5.00 Å². The summed E-state index contributed by atoms with van der Waals surface area (Å²) in [5, 5.41) is 3.57. The molecule has 1 aromatic heterocycles. The Bertz CT molecular complexity index is 515. The van der Waals surface area contributed by atoms with Gasteiger partial charge >= 0.3 is 0 Å². The number of nitrogens with zero attached hydrogens (tertiary/aromatic N) is 1. The number of alkyl halides is 2. The van der Waals surface area contributed by atoms with Crippen LogP contribution in [0.3, 0.4) is 0 Å². The zero-order valence-electron chi connectivity index (χ0n) is 8.56. The second-order valence-corrected chi connectivity index (χ2v) is 4.60. The number of carbonyl (C=O) groups excluding carboxylic acids is 1. The van der Waals surface area contributed by atoms with Crippen LogP contribution in [-0.2, 0) is 4.79 Å². The molecule has 2 rings (SSSR count). The molecule has 1 unspecified atom stereocenters. The van der Waals surface area contributed by atoms with Crippen molar-refractivity contribution in [2.24, 2.45) is 0 Å². The minimum absolute atomic E-state index is 0.470. The average Bonchev–Trinajstić information content (AvgIpc) is 2.78. The van der Waals surface area contributed by atoms with Gasteiger partial charge in [-0.2, -0.15) is 0 Å². The lowest BCUT2D eigenvalue weighted by molar-refractivity contribution is -0.118. The van der Waals surface area contributed by atoms with Gasteiger partial charge in [-0.25, -0.2) is 9.37 Å². The Morgan fingerprint density at radius 2 is 2.12 bits per heavy atom. The molecule has 0 saturated heterocycles. The van der Waals surface area contributed by atoms with E-state index in [1.807, 2.05) is 30.3 Å². The molecule has 1 amide bonds. The molecule has 1 atom stereocenters. The number of thiazole rings is 1. The summed E-state index contributed by atoms with van der Waals surface area (Å²) < 4.78 is 12.4. The van der Waals surface area contributed by atoms with Gasteiger partial charge in [0.2, 0.25) is 0 Å². The van der Waals surface area contributed by atoms with Gasteiger partial charge in [-0.3, -0.25) is 4.79 Å². The number of benzene rings is 1. The van der Waals surface area contributed by atoms with Crippen molar-refractivity contribution >= 4 is 33.8 Å². The maximum Gasteiger partial charge on any atom is 0.275 e. The van der Waals surface area contributed by atoms with Crippen molar-refractivity contribution in [2.75, 3.05) is 5.32 Å². The number of carbonyl (C=O) groups is 1. The van der Waals surface area contributed by atoms with Crippen molar-refractivity contribution in [2.45, 2.75) is 5.63 Å². The molecule has 0 fully saturated rings. The van der Waals surface area contributed by atoms with Gasteiger partial charge in [0.1, 0.15) is 10.0 Å². The molecule has 0 aliphatic carbocycles. The quantitative estimate of drug-likeness (QED) is 0.870. The summed E-state index contributed by atoms with van der Waals surface area (Å²) in [6, 6.07) is 9.51. The second kappa shape index (κ2) is 5.25. The topological polar surface area (TPSA) is 42.0 Å². The van der Waals surface area contributed by atoms with Gasteiger partial charge in [0, 0.05) is 5.56 Å². The first kappa shape index (κ1) is 12.0. The summed E-state index contributed by atoms with van der Waals surface area (Å²) >= 11 is 6.27. The number of anilines is 1. The summed E-state index contributed by atoms with van der Waals surface area (Å²) in [4.78, 5) is 15.2. The molecule has 1 N–H and O–H groups in total. The Morgan fingerprint density at radius 3 is 2.76 bits per heavy atom. The monoisotopic (exact) mass is 270 g/mol. The van der Waals surface area contributed by atoms with E-state index in [4.69, 9.17) is 11.6 Å². The zero-order valence-corrected chi connectivity index (χ0v) is 10.1. The molecule has 0 saturated carbocycles. The maximum absolute atomic E-state index is 12.4. The Hall–Kier alpha value is -1.46. The Morgan fingerprint density at radius 1 is 1.41 bits per heavy atom. The zero-order chi connectivity index (χ0) is 12.3. The van der Waals surface area contributed by atoms with E-state index in [9.17, 15) is 9.18 Å². The molecule has 3 nitrogen and oxygen atoms in total. The Kier molecular flexibility index (Phi) is 3.71. The number of hydrogen-bond donors (Lipinski definition) is 1. The first-order valence-corrected chi connectivity index (χ1v) is 6.02. The second-order valence-electron chi connectivity index (χ2n) is 3.19. The highest BCUT2D eigenvalue weighted by atomic mass is 35.5. The third-order valence-electron chi connectivity index (χ3n) is 1.97. The van der Waals surface area contributed by atoms with E-state index in [2.05, 4.69) is 10.3 Å². The third kappa shape index (κ3) is 3.01. The SMILES string of the molecule is O=C(Nc1cnc(-c2ccccc2)s1)C(F)Cl. The lowest BCUT2D eigenvalue weighted by atomic mass is 10.2. The van der Waals surface area contributed by atoms with Crippen molar-refractivity contribution in [1.82, 2.24) is 4.98 Å². The van der Waals surface area contributed by atoms with Crippen molar-refractivity contribution < 1.29 is 9.18 Å². The van der Waals surface area contributed by atoms with Gasteiger partial charge in [0.15, 0.2) is 0 Å². The van der Waals surface area contributed by atoms with E-state index in [0.717, 1.165) is 10.6 Å². The van der Waals surface area contributed by atoms with Crippen LogP contribution in [0.1, 0.15) is 0 Å². The number of aromatic nitrogens is 1. The summed E-state index contributed by atoms with van der Waals surface area (Å²) in [5.74, 6) is -0.880. The molecule has 2 aromatic rings. The summed E-state index contributed by atoms with van der Waals surface area (Å²) in [5.41, 5.74) is -1.10. The van der Waals surface area contributed by atoms with E-state index in [1.54, 1.807) is 0 Å². The maximum atomic E-state index is 12.4. The van der Waals surface area contributed by atoms with Crippen LogP contribution in [0.25, 0.3) is 10.6 Å². The van der Waals surface area contributed by atoms with Gasteiger partial charge in [-0.05, 0) is 0 Å². The summed E-state index contributed by atoms with van der Waals surface area (Å²) in [7, 11) is 0. The van der Waals surface area contributed by atoms with E-state index >= 15 is 0 Å². The summed E-state index contributed by atoms with van der Waals surface area (Å²) in [6.07, 6.45) is 1.48. The predicted octanol–water partition coefficient (Wildman–Crippen LogP) is 3.28. The highest BCUT2D eigenvalue weighted by Crippen LogP contribution is 2.28. The minimum atomic E-state index is -2.04. The van der Waals surface area contributed by atoms with Crippen LogP contribution in [0.4, 0.5) is 9.39 Å². The number of halogens is 2. The molecule has 1 aromatic carbocycles. The fraction of sp³-hybridized carbons (Fsp3) is 0.0909. The molecule has 0 radical (unpaired) electrons. The molecule has 0 aliphatic rings. The highest BCUT2D eigenvalue weighted by Gasteiger charge is 2.14. The van der Waals surface area contributed by atoms with Gasteiger partial charge in [-0.15, -0.1) is 0 Å². The van der Waals surface area contributed by atoms with Gasteiger partial charge < -0.3 is 5.32 Å². The molecule has 0 aliphatic heterocycles. The lowest BCUT2D eigenvalue weighted by Crippen LogP contribution is -2.18. The van der Waals surface area contributed by atoms with Crippen molar-refractivity contribution in [3.63, 3.8) is 0 Å². The largest absolute Gasteiger partial charge is 0.313 e. The van der Waals surface area contributed by atoms with E-state index < -0.39 is 11.5 Å². The molecular formula is C11H8ClFN2OS. The molecule has 1 heterocycles. The Balaban J connectivity index is 2.14. The smallest absolute Gasteiger partial charge is 0.275 e. The van der Waals surface area contributed by atoms with E-state index in [1.165, 1.54) is 17.5 Å². The minimum Gasteiger partial charge on any atom is -0.313 e. The number of hydrogen-bond acceptors (Lipinski definition) is 3. The van der Waals surface area contributed by atoms with Crippen molar-refractivity contribution in [3.8, 4) is 10.6 Å². The molecule has 88 valence electrons. The highest BCUT2D eigenvalue weighted by molar-refractivity contribution is 7.19. The predicted molar refractivity (Wildman–Crippen MR) is 66.9 cm³/mol. The van der Waals surface area contributed by atoms with Crippen molar-refractivity contribution in [1.29, 1.82) is 0 Å². The number of nitrogens with one attached hydrogen (secondary N) is 1. The fourth-order valence-corrected chi connectivity index (χ4v) is 2.10. The van der Waals surface area contributed by atoms with Crippen LogP contribution in [0.2, 0.25) is 0 Å². The van der Waals surface area contributed by atoms with Gasteiger partial charge in [0.25, 0.3) is 11.5 Å². The number of amides is 1. The first-order chi connectivity index (χ1) is 8.16. The van der Waals surface area contributed by atoms with Crippen LogP contribution >= 0.6 is 22.9 Å². The molecular weight excluding hydrogens is 263 g/mol. The van der Waals surface area contributed by atoms with Crippen molar-refractivity contribution in [3.05, 3.63) is 36.5 Å². The van der Waals surface area contributed by atoms with Gasteiger partial charge in [0.05, 0.1) is 6.20 Å². The molecule has 0 spiro atoms. The van der Waals surface area contributed by atoms with Crippen LogP contribution < -0.4 is 5.32 Å². The standard InChI is InChI=1S/C11H8ClFN2OS/c12-9(13)10(16)15-8-6-14-11(17-8)7-4-2-1-3-5-7/h1-6,9H,(H,15,16). The van der Waals surface area contributed by atoms with Crippen LogP contribution in [0.15, 0.2) is 36.5 Å². The lowest BCUT2D eigenvalue weighted by Gasteiger charge is -1.99. The summed E-state index contributed by atoms with van der Waals surface area (Å²) in [6.45, 7) is 0. The van der Waals surface area contributed by atoms with Crippen LogP contribution in [-0.4, -0.2) is 16.5 Å². The average molecular weight is 271 g/mol.